The van der Waals surface area contributed by atoms with Crippen LogP contribution in [0.1, 0.15) is 33.6 Å². The molecular weight excluding hydrogens is 196 g/mol. The first-order valence-electron chi connectivity index (χ1n) is 5.16. The Morgan fingerprint density at radius 3 is 2.14 bits per heavy atom. The minimum absolute atomic E-state index is 0.0735. The third kappa shape index (κ3) is 3.62. The maximum atomic E-state index is 11.9. The number of nitrogens with two attached hydrogens (primary N) is 1. The molecule has 0 aromatic rings. The van der Waals surface area contributed by atoms with Gasteiger partial charge in [-0.3, -0.25) is 4.79 Å². The van der Waals surface area contributed by atoms with Crippen molar-refractivity contribution >= 4 is 23.1 Å². The highest BCUT2D eigenvalue weighted by molar-refractivity contribution is 7.80. The zero-order valence-electron chi connectivity index (χ0n) is 9.25. The molecule has 0 aliphatic heterocycles. The van der Waals surface area contributed by atoms with Crippen LogP contribution in [-0.4, -0.2) is 28.9 Å². The molecule has 0 rings (SSSR count). The number of carbonyl (C=O) groups is 1. The van der Waals surface area contributed by atoms with Crippen LogP contribution in [0.5, 0.6) is 0 Å². The number of nitrogens with zero attached hydrogens (tertiary/aromatic N) is 1. The minimum atomic E-state index is -0.269. The first-order valence-corrected chi connectivity index (χ1v) is 5.57. The second-order valence-electron chi connectivity index (χ2n) is 3.25. The van der Waals surface area contributed by atoms with Crippen LogP contribution in [0.25, 0.3) is 0 Å². The van der Waals surface area contributed by atoms with Crippen molar-refractivity contribution in [3.05, 3.63) is 0 Å². The molecule has 1 unspecified atom stereocenters. The lowest BCUT2D eigenvalue weighted by atomic mass is 10.0. The second-order valence-corrected chi connectivity index (χ2v) is 3.73. The summed E-state index contributed by atoms with van der Waals surface area (Å²) in [7, 11) is 0. The van der Waals surface area contributed by atoms with E-state index in [4.69, 9.17) is 18.0 Å². The number of rotatable bonds is 6. The van der Waals surface area contributed by atoms with Gasteiger partial charge in [-0.05, 0) is 20.3 Å². The van der Waals surface area contributed by atoms with Gasteiger partial charge >= 0.3 is 0 Å². The molecule has 0 aliphatic carbocycles. The van der Waals surface area contributed by atoms with Gasteiger partial charge in [0.25, 0.3) is 0 Å². The van der Waals surface area contributed by atoms with Gasteiger partial charge in [-0.25, -0.2) is 0 Å². The lowest BCUT2D eigenvalue weighted by molar-refractivity contribution is -0.133. The fourth-order valence-corrected chi connectivity index (χ4v) is 1.65. The SMILES string of the molecule is CCCC(C(=O)N(CC)CC)C(N)=S. The molecule has 0 aromatic heterocycles. The largest absolute Gasteiger partial charge is 0.393 e. The van der Waals surface area contributed by atoms with Crippen molar-refractivity contribution in [2.45, 2.75) is 33.6 Å². The van der Waals surface area contributed by atoms with Crippen molar-refractivity contribution in [1.29, 1.82) is 0 Å². The van der Waals surface area contributed by atoms with Crippen molar-refractivity contribution in [2.75, 3.05) is 13.1 Å². The van der Waals surface area contributed by atoms with E-state index in [0.29, 0.717) is 4.99 Å². The standard InChI is InChI=1S/C10H20N2OS/c1-4-7-8(9(11)14)10(13)12(5-2)6-3/h8H,4-7H2,1-3H3,(H2,11,14). The fraction of sp³-hybridized carbons (Fsp3) is 0.800. The highest BCUT2D eigenvalue weighted by Crippen LogP contribution is 2.11. The lowest BCUT2D eigenvalue weighted by Crippen LogP contribution is -2.41. The van der Waals surface area contributed by atoms with Gasteiger partial charge in [0.05, 0.1) is 10.9 Å². The Kier molecular flexibility index (Phi) is 6.45. The molecule has 14 heavy (non-hydrogen) atoms. The number of hydrogen-bond donors (Lipinski definition) is 1. The molecule has 1 atom stereocenters. The maximum Gasteiger partial charge on any atom is 0.232 e. The van der Waals surface area contributed by atoms with Crippen molar-refractivity contribution < 1.29 is 4.79 Å². The van der Waals surface area contributed by atoms with Crippen LogP contribution in [0, 0.1) is 5.92 Å². The molecule has 0 saturated heterocycles. The topological polar surface area (TPSA) is 46.3 Å². The minimum Gasteiger partial charge on any atom is -0.393 e. The molecule has 0 aliphatic rings. The van der Waals surface area contributed by atoms with Gasteiger partial charge in [0.2, 0.25) is 5.91 Å². The average molecular weight is 216 g/mol. The third-order valence-electron chi connectivity index (χ3n) is 2.29. The van der Waals surface area contributed by atoms with Crippen LogP contribution in [0.15, 0.2) is 0 Å². The highest BCUT2D eigenvalue weighted by Gasteiger charge is 2.23. The van der Waals surface area contributed by atoms with Crippen LogP contribution in [0.3, 0.4) is 0 Å². The molecule has 0 fully saturated rings. The molecule has 3 nitrogen and oxygen atoms in total. The smallest absolute Gasteiger partial charge is 0.232 e. The molecule has 1 amide bonds. The monoisotopic (exact) mass is 216 g/mol. The summed E-state index contributed by atoms with van der Waals surface area (Å²) in [5, 5.41) is 0. The third-order valence-corrected chi connectivity index (χ3v) is 2.58. The number of thiocarbonyl (C=S) groups is 1. The van der Waals surface area contributed by atoms with Gasteiger partial charge in [-0.1, -0.05) is 25.6 Å². The molecule has 82 valence electrons. The molecule has 0 spiro atoms. The molecule has 0 radical (unpaired) electrons. The van der Waals surface area contributed by atoms with E-state index in [-0.39, 0.29) is 11.8 Å². The molecule has 0 bridgehead atoms. The fourth-order valence-electron chi connectivity index (χ4n) is 1.43. The molecule has 0 saturated carbocycles. The Morgan fingerprint density at radius 2 is 1.86 bits per heavy atom. The van der Waals surface area contributed by atoms with Crippen LogP contribution in [-0.2, 0) is 4.79 Å². The first-order chi connectivity index (χ1) is 6.58. The normalized spacial score (nSPS) is 12.2. The van der Waals surface area contributed by atoms with Gasteiger partial charge < -0.3 is 10.6 Å². The van der Waals surface area contributed by atoms with Crippen molar-refractivity contribution in [3.8, 4) is 0 Å². The van der Waals surface area contributed by atoms with Gasteiger partial charge in [0.15, 0.2) is 0 Å². The summed E-state index contributed by atoms with van der Waals surface area (Å²) in [5.74, 6) is -0.195. The quantitative estimate of drug-likeness (QED) is 0.685. The van der Waals surface area contributed by atoms with E-state index >= 15 is 0 Å². The molecular formula is C10H20N2OS. The van der Waals surface area contributed by atoms with Gasteiger partial charge in [-0.15, -0.1) is 0 Å². The summed E-state index contributed by atoms with van der Waals surface area (Å²) in [6, 6.07) is 0. The van der Waals surface area contributed by atoms with E-state index in [1.54, 1.807) is 4.90 Å². The number of amides is 1. The van der Waals surface area contributed by atoms with Crippen LogP contribution in [0.2, 0.25) is 0 Å². The van der Waals surface area contributed by atoms with E-state index in [2.05, 4.69) is 0 Å². The zero-order chi connectivity index (χ0) is 11.1. The van der Waals surface area contributed by atoms with Gasteiger partial charge in [0, 0.05) is 13.1 Å². The summed E-state index contributed by atoms with van der Waals surface area (Å²) in [5.41, 5.74) is 5.55. The maximum absolute atomic E-state index is 11.9. The number of carbonyl (C=O) groups excluding carboxylic acids is 1. The van der Waals surface area contributed by atoms with Crippen molar-refractivity contribution in [3.63, 3.8) is 0 Å². The summed E-state index contributed by atoms with van der Waals surface area (Å²) in [6.07, 6.45) is 1.68. The van der Waals surface area contributed by atoms with E-state index in [1.807, 2.05) is 20.8 Å². The summed E-state index contributed by atoms with van der Waals surface area (Å²) in [6.45, 7) is 7.39. The van der Waals surface area contributed by atoms with Crippen LogP contribution >= 0.6 is 12.2 Å². The molecule has 0 aromatic carbocycles. The highest BCUT2D eigenvalue weighted by atomic mass is 32.1. The van der Waals surface area contributed by atoms with E-state index in [9.17, 15) is 4.79 Å². The Hall–Kier alpha value is -0.640. The van der Waals surface area contributed by atoms with Crippen LogP contribution < -0.4 is 5.73 Å². The van der Waals surface area contributed by atoms with E-state index in [0.717, 1.165) is 25.9 Å². The van der Waals surface area contributed by atoms with Crippen molar-refractivity contribution in [1.82, 2.24) is 4.90 Å². The molecule has 2 N–H and O–H groups in total. The zero-order valence-corrected chi connectivity index (χ0v) is 10.1. The summed E-state index contributed by atoms with van der Waals surface area (Å²) < 4.78 is 0. The Labute approximate surface area is 91.6 Å². The van der Waals surface area contributed by atoms with E-state index in [1.165, 1.54) is 0 Å². The summed E-state index contributed by atoms with van der Waals surface area (Å²) in [4.78, 5) is 14.0. The Bertz CT molecular complexity index is 202. The first kappa shape index (κ1) is 13.4. The predicted molar refractivity (Wildman–Crippen MR) is 63.1 cm³/mol. The van der Waals surface area contributed by atoms with E-state index < -0.39 is 0 Å². The number of hydrogen-bond acceptors (Lipinski definition) is 2. The predicted octanol–water partition coefficient (Wildman–Crippen LogP) is 1.56. The van der Waals surface area contributed by atoms with Crippen molar-refractivity contribution in [2.24, 2.45) is 11.7 Å². The molecule has 4 heteroatoms. The van der Waals surface area contributed by atoms with Crippen LogP contribution in [0.4, 0.5) is 0 Å². The average Bonchev–Trinajstić information content (AvgIpc) is 2.15. The van der Waals surface area contributed by atoms with Gasteiger partial charge in [-0.2, -0.15) is 0 Å². The van der Waals surface area contributed by atoms with Gasteiger partial charge in [0.1, 0.15) is 0 Å². The Morgan fingerprint density at radius 1 is 1.36 bits per heavy atom. The summed E-state index contributed by atoms with van der Waals surface area (Å²) >= 11 is 4.90. The molecule has 0 heterocycles. The Balaban J connectivity index is 4.48. The lowest BCUT2D eigenvalue weighted by Gasteiger charge is -2.24. The second kappa shape index (κ2) is 6.76.